The van der Waals surface area contributed by atoms with Crippen molar-refractivity contribution in [3.8, 4) is 0 Å². The van der Waals surface area contributed by atoms with Gasteiger partial charge >= 0.3 is 12.0 Å². The van der Waals surface area contributed by atoms with E-state index < -0.39 is 115 Å². The van der Waals surface area contributed by atoms with Gasteiger partial charge in [-0.2, -0.15) is 0 Å². The number of aliphatic hydroxyl groups excluding tert-OH is 1. The zero-order valence-corrected chi connectivity index (χ0v) is 42.6. The van der Waals surface area contributed by atoms with Gasteiger partial charge in [0, 0.05) is 39.1 Å². The molecule has 3 fully saturated rings. The quantitative estimate of drug-likeness (QED) is 0.0201. The van der Waals surface area contributed by atoms with Crippen molar-refractivity contribution in [1.82, 2.24) is 41.1 Å². The van der Waals surface area contributed by atoms with Gasteiger partial charge in [-0.3, -0.25) is 53.8 Å². The lowest BCUT2D eigenvalue weighted by atomic mass is 9.91. The second-order valence-corrected chi connectivity index (χ2v) is 19.0. The van der Waals surface area contributed by atoms with Crippen molar-refractivity contribution in [2.75, 3.05) is 45.9 Å². The predicted molar refractivity (Wildman–Crippen MR) is 277 cm³/mol. The highest BCUT2D eigenvalue weighted by atomic mass is 16.4. The first kappa shape index (κ1) is 59.0. The molecule has 76 heavy (non-hydrogen) atoms. The maximum atomic E-state index is 14.1. The van der Waals surface area contributed by atoms with Crippen LogP contribution in [0, 0.1) is 5.92 Å². The number of amides is 8. The molecule has 7 atom stereocenters. The number of aliphatic hydroxyl groups is 1. The van der Waals surface area contributed by atoms with Crippen molar-refractivity contribution < 1.29 is 53.4 Å². The summed E-state index contributed by atoms with van der Waals surface area (Å²) in [6.07, 6.45) is 3.01. The molecule has 26 heteroatoms. The van der Waals surface area contributed by atoms with Gasteiger partial charge in [-0.05, 0) is 81.8 Å². The number of hydrazine groups is 1. The van der Waals surface area contributed by atoms with E-state index in [4.69, 9.17) is 28.7 Å². The number of carboxylic acid groups (broad SMARTS) is 1. The average molecular weight is 1060 g/mol. The van der Waals surface area contributed by atoms with E-state index >= 15 is 0 Å². The first-order chi connectivity index (χ1) is 36.4. The standard InChI is InChI=1S/C50H73N15O11/c51-34(17-8-22-57-49(54)55)44(71)64-25-11-20-39(64)46(73)63-24-9-18-37(63)42(69)58-28-41(68)61-65(29-32-14-5-2-6-15-32)50(76)60-36(30-66)45(72)62-23-10-19-38(62)43(70)59-35(26-31-12-3-1-4-13-31)40(67)27-33(47(74)75)16-7-21-56-48(52)53/h1-6,12-15,33-39,66H,7-11,16-30,51H2,(H,58,69)(H,59,70)(H,60,76)(H,61,68)(H,74,75)(H4,52,53,56)(H4,54,55,57)/t33-,34+,35-,36-,37+,38+,39+/m0/s1. The Balaban J connectivity index is 1.21. The monoisotopic (exact) mass is 1060 g/mol. The molecule has 5 rings (SSSR count). The highest BCUT2D eigenvalue weighted by molar-refractivity contribution is 5.97. The Morgan fingerprint density at radius 1 is 0.671 bits per heavy atom. The van der Waals surface area contributed by atoms with E-state index in [1.54, 1.807) is 60.7 Å². The molecule has 3 saturated heterocycles. The second-order valence-electron chi connectivity index (χ2n) is 19.0. The highest BCUT2D eigenvalue weighted by Gasteiger charge is 2.44. The zero-order chi connectivity index (χ0) is 55.3. The van der Waals surface area contributed by atoms with Crippen LogP contribution in [0.1, 0.15) is 81.8 Å². The molecule has 414 valence electrons. The molecular formula is C50H73N15O11. The molecule has 0 spiro atoms. The molecule has 0 aliphatic carbocycles. The van der Waals surface area contributed by atoms with E-state index in [-0.39, 0.29) is 63.8 Å². The summed E-state index contributed by atoms with van der Waals surface area (Å²) in [5.41, 5.74) is 31.4. The van der Waals surface area contributed by atoms with Crippen molar-refractivity contribution in [1.29, 1.82) is 0 Å². The topological polar surface area (TPSA) is 410 Å². The lowest BCUT2D eigenvalue weighted by molar-refractivity contribution is -0.147. The summed E-state index contributed by atoms with van der Waals surface area (Å²) in [4.78, 5) is 134. The van der Waals surface area contributed by atoms with Crippen LogP contribution in [0.4, 0.5) is 4.79 Å². The number of likely N-dealkylation sites (tertiary alicyclic amines) is 3. The predicted octanol–water partition coefficient (Wildman–Crippen LogP) is -2.50. The lowest BCUT2D eigenvalue weighted by Gasteiger charge is -2.32. The molecule has 0 unspecified atom stereocenters. The van der Waals surface area contributed by atoms with Crippen LogP contribution in [-0.2, 0) is 51.3 Å². The van der Waals surface area contributed by atoms with Crippen LogP contribution in [0.2, 0.25) is 0 Å². The average Bonchev–Trinajstić information content (AvgIpc) is 4.22. The molecular weight excluding hydrogens is 987 g/mol. The van der Waals surface area contributed by atoms with Gasteiger partial charge in [-0.1, -0.05) is 60.7 Å². The zero-order valence-electron chi connectivity index (χ0n) is 42.6. The number of guanidine groups is 2. The summed E-state index contributed by atoms with van der Waals surface area (Å²) in [6, 6.07) is 9.69. The second kappa shape index (κ2) is 29.3. The van der Waals surface area contributed by atoms with Crippen molar-refractivity contribution in [2.45, 2.75) is 120 Å². The Morgan fingerprint density at radius 3 is 1.79 bits per heavy atom. The molecule has 26 nitrogen and oxygen atoms in total. The van der Waals surface area contributed by atoms with Gasteiger partial charge < -0.3 is 69.5 Å². The number of nitrogens with one attached hydrogen (secondary N) is 4. The number of hydrogen-bond donors (Lipinski definition) is 11. The minimum atomic E-state index is -1.61. The first-order valence-corrected chi connectivity index (χ1v) is 25.6. The fourth-order valence-electron chi connectivity index (χ4n) is 9.56. The largest absolute Gasteiger partial charge is 0.481 e. The minimum absolute atomic E-state index is 0.0250. The number of nitrogens with zero attached hydrogens (tertiary/aromatic N) is 6. The fourth-order valence-corrected chi connectivity index (χ4v) is 9.56. The number of Topliss-reactive ketones (excluding diaryl/α,β-unsaturated/α-hetero) is 1. The van der Waals surface area contributed by atoms with Crippen LogP contribution in [0.15, 0.2) is 70.6 Å². The maximum Gasteiger partial charge on any atom is 0.337 e. The molecule has 3 aliphatic rings. The van der Waals surface area contributed by atoms with Gasteiger partial charge in [0.1, 0.15) is 24.2 Å². The Morgan fingerprint density at radius 2 is 1.21 bits per heavy atom. The van der Waals surface area contributed by atoms with E-state index in [9.17, 15) is 53.4 Å². The Kier molecular flexibility index (Phi) is 22.7. The number of benzene rings is 2. The number of ketones is 1. The van der Waals surface area contributed by atoms with Crippen molar-refractivity contribution in [2.24, 2.45) is 44.6 Å². The van der Waals surface area contributed by atoms with Crippen LogP contribution in [0.5, 0.6) is 0 Å². The first-order valence-electron chi connectivity index (χ1n) is 25.6. The summed E-state index contributed by atoms with van der Waals surface area (Å²) >= 11 is 0. The molecule has 2 aromatic carbocycles. The highest BCUT2D eigenvalue weighted by Crippen LogP contribution is 2.26. The summed E-state index contributed by atoms with van der Waals surface area (Å²) in [5.74, 6) is -6.87. The van der Waals surface area contributed by atoms with Crippen LogP contribution >= 0.6 is 0 Å². The number of hydrogen-bond acceptors (Lipinski definition) is 13. The van der Waals surface area contributed by atoms with Crippen LogP contribution in [0.3, 0.4) is 0 Å². The summed E-state index contributed by atoms with van der Waals surface area (Å²) < 4.78 is 0. The van der Waals surface area contributed by atoms with E-state index in [0.717, 1.165) is 5.01 Å². The summed E-state index contributed by atoms with van der Waals surface area (Å²) in [6.45, 7) is -0.697. The smallest absolute Gasteiger partial charge is 0.337 e. The van der Waals surface area contributed by atoms with Gasteiger partial charge in [0.25, 0.3) is 5.91 Å². The number of carboxylic acids is 1. The number of urea groups is 1. The summed E-state index contributed by atoms with van der Waals surface area (Å²) in [7, 11) is 0. The van der Waals surface area contributed by atoms with Crippen LogP contribution < -0.4 is 50.0 Å². The van der Waals surface area contributed by atoms with Crippen LogP contribution in [0.25, 0.3) is 0 Å². The van der Waals surface area contributed by atoms with Crippen molar-refractivity contribution in [3.05, 3.63) is 71.8 Å². The van der Waals surface area contributed by atoms with E-state index in [0.29, 0.717) is 69.2 Å². The SMILES string of the molecule is NC(N)=NCCC[C@@H](CC(=O)[C@H](Cc1ccccc1)NC(=O)[C@H]1CCCN1C(=O)[C@H](CO)NC(=O)N(Cc1ccccc1)NC(=O)CNC(=O)[C@H]1CCCN1C(=O)[C@H]1CCCN1C(=O)[C@H](N)CCCN=C(N)N)C(=O)O. The molecule has 0 radical (unpaired) electrons. The third-order valence-electron chi connectivity index (χ3n) is 13.5. The Hall–Kier alpha value is -7.87. The normalized spacial score (nSPS) is 18.6. The number of rotatable bonds is 26. The number of nitrogens with two attached hydrogens (primary N) is 5. The number of carbonyl (C=O) groups excluding carboxylic acids is 8. The molecule has 0 bridgehead atoms. The van der Waals surface area contributed by atoms with Crippen LogP contribution in [-0.4, -0.2) is 177 Å². The molecule has 3 heterocycles. The minimum Gasteiger partial charge on any atom is -0.481 e. The van der Waals surface area contributed by atoms with E-state index in [1.807, 2.05) is 0 Å². The number of aliphatic carboxylic acids is 1. The van der Waals surface area contributed by atoms with E-state index in [2.05, 4.69) is 31.4 Å². The van der Waals surface area contributed by atoms with Gasteiger partial charge in [0.2, 0.25) is 29.5 Å². The third kappa shape index (κ3) is 17.4. The third-order valence-corrected chi connectivity index (χ3v) is 13.5. The molecule has 3 aliphatic heterocycles. The number of carbonyl (C=O) groups is 9. The van der Waals surface area contributed by atoms with Gasteiger partial charge in [-0.25, -0.2) is 9.80 Å². The van der Waals surface area contributed by atoms with Gasteiger partial charge in [0.15, 0.2) is 17.7 Å². The lowest BCUT2D eigenvalue weighted by Crippen LogP contribution is -2.60. The molecule has 8 amide bonds. The summed E-state index contributed by atoms with van der Waals surface area (Å²) in [5, 5.41) is 29.1. The number of aliphatic imine (C=N–C) groups is 2. The van der Waals surface area contributed by atoms with Crippen molar-refractivity contribution >= 4 is 65.1 Å². The molecule has 0 aromatic heterocycles. The molecule has 16 N–H and O–H groups in total. The molecule has 2 aromatic rings. The van der Waals surface area contributed by atoms with Crippen molar-refractivity contribution in [3.63, 3.8) is 0 Å². The Labute approximate surface area is 440 Å². The fraction of sp³-hybridized carbons (Fsp3) is 0.540. The maximum absolute atomic E-state index is 14.1. The van der Waals surface area contributed by atoms with Gasteiger partial charge in [0.05, 0.1) is 37.7 Å². The van der Waals surface area contributed by atoms with E-state index in [1.165, 1.54) is 14.7 Å². The Bertz CT molecular complexity index is 2400. The molecule has 0 saturated carbocycles. The van der Waals surface area contributed by atoms with Gasteiger partial charge in [-0.15, -0.1) is 0 Å².